The first-order chi connectivity index (χ1) is 8.11. The van der Waals surface area contributed by atoms with Crippen LogP contribution in [0.1, 0.15) is 20.3 Å². The van der Waals surface area contributed by atoms with Crippen molar-refractivity contribution < 1.29 is 0 Å². The van der Waals surface area contributed by atoms with Gasteiger partial charge in [0.15, 0.2) is 0 Å². The third-order valence-electron chi connectivity index (χ3n) is 2.16. The third-order valence-corrected chi connectivity index (χ3v) is 3.68. The molecule has 1 atom stereocenters. The summed E-state index contributed by atoms with van der Waals surface area (Å²) in [5, 5.41) is 12.2. The highest BCUT2D eigenvalue weighted by molar-refractivity contribution is 9.10. The van der Waals surface area contributed by atoms with E-state index in [2.05, 4.69) is 53.3 Å². The molecule has 0 radical (unpaired) electrons. The highest BCUT2D eigenvalue weighted by atomic mass is 79.9. The van der Waals surface area contributed by atoms with E-state index in [0.29, 0.717) is 6.04 Å². The van der Waals surface area contributed by atoms with Crippen LogP contribution in [0.15, 0.2) is 33.6 Å². The molecular weight excluding hydrogens is 296 g/mol. The minimum atomic E-state index is -0.0466. The molecule has 92 valence electrons. The molecule has 0 saturated heterocycles. The third kappa shape index (κ3) is 6.11. The molecule has 0 fully saturated rings. The maximum absolute atomic E-state index is 8.99. The summed E-state index contributed by atoms with van der Waals surface area (Å²) in [6.07, 6.45) is 0.867. The molecule has 0 bridgehead atoms. The van der Waals surface area contributed by atoms with E-state index in [0.717, 1.165) is 16.6 Å². The Balaban J connectivity index is 2.34. The first-order valence-corrected chi connectivity index (χ1v) is 7.43. The van der Waals surface area contributed by atoms with E-state index in [-0.39, 0.29) is 6.04 Å². The number of thioether (sulfide) groups is 1. The topological polar surface area (TPSA) is 35.8 Å². The van der Waals surface area contributed by atoms with Crippen molar-refractivity contribution in [3.05, 3.63) is 28.7 Å². The van der Waals surface area contributed by atoms with Gasteiger partial charge in [-0.2, -0.15) is 5.26 Å². The highest BCUT2D eigenvalue weighted by Gasteiger charge is 2.08. The van der Waals surface area contributed by atoms with Gasteiger partial charge in [-0.3, -0.25) is 5.32 Å². The molecule has 0 aliphatic carbocycles. The molecule has 0 heterocycles. The van der Waals surface area contributed by atoms with Crippen molar-refractivity contribution in [2.45, 2.75) is 37.2 Å². The van der Waals surface area contributed by atoms with E-state index in [9.17, 15) is 0 Å². The largest absolute Gasteiger partial charge is 0.300 e. The molecule has 1 aromatic rings. The van der Waals surface area contributed by atoms with Gasteiger partial charge in [0.25, 0.3) is 0 Å². The predicted molar refractivity (Wildman–Crippen MR) is 77.2 cm³/mol. The minimum absolute atomic E-state index is 0.0466. The summed E-state index contributed by atoms with van der Waals surface area (Å²) in [5.74, 6) is 0.953. The van der Waals surface area contributed by atoms with Crippen LogP contribution in [-0.4, -0.2) is 17.8 Å². The first-order valence-electron chi connectivity index (χ1n) is 5.66. The summed E-state index contributed by atoms with van der Waals surface area (Å²) in [6.45, 7) is 4.12. The lowest BCUT2D eigenvalue weighted by atomic mass is 10.2. The monoisotopic (exact) mass is 312 g/mol. The number of nitriles is 1. The molecule has 0 amide bonds. The highest BCUT2D eigenvalue weighted by Crippen LogP contribution is 2.22. The van der Waals surface area contributed by atoms with Crippen molar-refractivity contribution in [1.29, 1.82) is 5.26 Å². The van der Waals surface area contributed by atoms with Gasteiger partial charge < -0.3 is 0 Å². The SMILES string of the molecule is CC(C)NC(C#N)CCSc1cccc(Br)c1. The van der Waals surface area contributed by atoms with Crippen LogP contribution in [0.3, 0.4) is 0 Å². The van der Waals surface area contributed by atoms with Crippen LogP contribution in [0.5, 0.6) is 0 Å². The number of halogens is 1. The van der Waals surface area contributed by atoms with Gasteiger partial charge in [-0.25, -0.2) is 0 Å². The summed E-state index contributed by atoms with van der Waals surface area (Å²) in [7, 11) is 0. The fraction of sp³-hybridized carbons (Fsp3) is 0.462. The molecule has 0 spiro atoms. The van der Waals surface area contributed by atoms with Gasteiger partial charge in [-0.15, -0.1) is 11.8 Å². The van der Waals surface area contributed by atoms with Gasteiger partial charge in [-0.1, -0.05) is 22.0 Å². The predicted octanol–water partition coefficient (Wildman–Crippen LogP) is 3.82. The van der Waals surface area contributed by atoms with Crippen LogP contribution < -0.4 is 5.32 Å². The van der Waals surface area contributed by atoms with Crippen molar-refractivity contribution >= 4 is 27.7 Å². The molecule has 0 aliphatic rings. The van der Waals surface area contributed by atoms with E-state index in [4.69, 9.17) is 5.26 Å². The molecule has 0 saturated carbocycles. The van der Waals surface area contributed by atoms with Gasteiger partial charge in [0.05, 0.1) is 12.1 Å². The Hall–Kier alpha value is -0.500. The normalized spacial score (nSPS) is 12.4. The molecule has 4 heteroatoms. The van der Waals surface area contributed by atoms with Crippen LogP contribution in [0, 0.1) is 11.3 Å². The van der Waals surface area contributed by atoms with Crippen molar-refractivity contribution in [1.82, 2.24) is 5.32 Å². The number of hydrogen-bond acceptors (Lipinski definition) is 3. The maximum atomic E-state index is 8.99. The van der Waals surface area contributed by atoms with Crippen molar-refractivity contribution in [2.75, 3.05) is 5.75 Å². The van der Waals surface area contributed by atoms with Crippen molar-refractivity contribution in [2.24, 2.45) is 0 Å². The van der Waals surface area contributed by atoms with Crippen LogP contribution in [-0.2, 0) is 0 Å². The van der Waals surface area contributed by atoms with Crippen molar-refractivity contribution in [3.63, 3.8) is 0 Å². The zero-order chi connectivity index (χ0) is 12.7. The van der Waals surface area contributed by atoms with Gasteiger partial charge >= 0.3 is 0 Å². The van der Waals surface area contributed by atoms with E-state index in [1.807, 2.05) is 12.1 Å². The second-order valence-corrected chi connectivity index (χ2v) is 6.18. The Morgan fingerprint density at radius 2 is 2.24 bits per heavy atom. The Morgan fingerprint density at radius 1 is 1.47 bits per heavy atom. The van der Waals surface area contributed by atoms with E-state index >= 15 is 0 Å². The maximum Gasteiger partial charge on any atom is 0.0962 e. The van der Waals surface area contributed by atoms with E-state index in [1.54, 1.807) is 11.8 Å². The van der Waals surface area contributed by atoms with E-state index < -0.39 is 0 Å². The van der Waals surface area contributed by atoms with Crippen LogP contribution in [0.4, 0.5) is 0 Å². The molecular formula is C13H17BrN2S. The molecule has 17 heavy (non-hydrogen) atoms. The van der Waals surface area contributed by atoms with Gasteiger partial charge in [-0.05, 0) is 38.5 Å². The molecule has 1 unspecified atom stereocenters. The van der Waals surface area contributed by atoms with Crippen LogP contribution in [0.2, 0.25) is 0 Å². The summed E-state index contributed by atoms with van der Waals surface area (Å²) in [6, 6.07) is 10.8. The summed E-state index contributed by atoms with van der Waals surface area (Å²) in [4.78, 5) is 1.24. The number of hydrogen-bond donors (Lipinski definition) is 1. The average molecular weight is 313 g/mol. The quantitative estimate of drug-likeness (QED) is 0.811. The summed E-state index contributed by atoms with van der Waals surface area (Å²) in [5.41, 5.74) is 0. The average Bonchev–Trinajstić information content (AvgIpc) is 2.27. The Morgan fingerprint density at radius 3 is 2.82 bits per heavy atom. The Kier molecular flexibility index (Phi) is 6.64. The van der Waals surface area contributed by atoms with Crippen LogP contribution >= 0.6 is 27.7 Å². The zero-order valence-electron chi connectivity index (χ0n) is 10.1. The van der Waals surface area contributed by atoms with Crippen LogP contribution in [0.25, 0.3) is 0 Å². The summed E-state index contributed by atoms with van der Waals surface area (Å²) >= 11 is 5.24. The number of nitrogens with one attached hydrogen (secondary N) is 1. The second kappa shape index (κ2) is 7.75. The molecule has 1 N–H and O–H groups in total. The second-order valence-electron chi connectivity index (χ2n) is 4.10. The number of benzene rings is 1. The van der Waals surface area contributed by atoms with Gasteiger partial charge in [0, 0.05) is 21.2 Å². The van der Waals surface area contributed by atoms with Gasteiger partial charge in [0.2, 0.25) is 0 Å². The lowest BCUT2D eigenvalue weighted by molar-refractivity contribution is 0.522. The van der Waals surface area contributed by atoms with Crippen molar-refractivity contribution in [3.8, 4) is 6.07 Å². The number of rotatable bonds is 6. The zero-order valence-corrected chi connectivity index (χ0v) is 12.5. The number of nitrogens with zero attached hydrogens (tertiary/aromatic N) is 1. The van der Waals surface area contributed by atoms with E-state index in [1.165, 1.54) is 4.90 Å². The Labute approximate surface area is 116 Å². The molecule has 1 aromatic carbocycles. The minimum Gasteiger partial charge on any atom is -0.300 e. The molecule has 2 nitrogen and oxygen atoms in total. The molecule has 1 rings (SSSR count). The standard InChI is InChI=1S/C13H17BrN2S/c1-10(2)16-12(9-15)6-7-17-13-5-3-4-11(14)8-13/h3-5,8,10,12,16H,6-7H2,1-2H3. The summed E-state index contributed by atoms with van der Waals surface area (Å²) < 4.78 is 1.10. The fourth-order valence-corrected chi connectivity index (χ4v) is 2.96. The lowest BCUT2D eigenvalue weighted by Crippen LogP contribution is -2.33. The fourth-order valence-electron chi connectivity index (χ4n) is 1.44. The van der Waals surface area contributed by atoms with Gasteiger partial charge in [0.1, 0.15) is 0 Å². The first kappa shape index (κ1) is 14.6. The Bertz CT molecular complexity index is 387. The lowest BCUT2D eigenvalue weighted by Gasteiger charge is -2.13. The molecule has 0 aliphatic heterocycles. The molecule has 0 aromatic heterocycles. The smallest absolute Gasteiger partial charge is 0.0962 e.